The van der Waals surface area contributed by atoms with Crippen LogP contribution in [0.3, 0.4) is 0 Å². The molecule has 1 aliphatic rings. The molecule has 0 unspecified atom stereocenters. The Labute approximate surface area is 180 Å². The molecule has 1 fully saturated rings. The lowest BCUT2D eigenvalue weighted by atomic mass is 9.85. The zero-order valence-corrected chi connectivity index (χ0v) is 18.0. The summed E-state index contributed by atoms with van der Waals surface area (Å²) in [7, 11) is 1.64. The van der Waals surface area contributed by atoms with Gasteiger partial charge in [-0.3, -0.25) is 9.13 Å². The molecule has 3 heterocycles. The number of H-pyrrole nitrogens is 1. The fourth-order valence-corrected chi connectivity index (χ4v) is 4.89. The number of pyridine rings is 1. The molecule has 0 saturated heterocycles. The first-order valence-electron chi connectivity index (χ1n) is 11.0. The normalized spacial score (nSPS) is 19.2. The van der Waals surface area contributed by atoms with Crippen molar-refractivity contribution in [2.45, 2.75) is 45.2 Å². The van der Waals surface area contributed by atoms with Crippen LogP contribution >= 0.6 is 0 Å². The molecule has 162 valence electrons. The number of hydrogen-bond donors (Lipinski definition) is 1. The van der Waals surface area contributed by atoms with Gasteiger partial charge in [-0.2, -0.15) is 0 Å². The zero-order chi connectivity index (χ0) is 21.4. The van der Waals surface area contributed by atoms with Gasteiger partial charge < -0.3 is 14.5 Å². The second kappa shape index (κ2) is 8.13. The van der Waals surface area contributed by atoms with Crippen LogP contribution in [0, 0.1) is 5.92 Å². The molecular formula is C24H28N4O3. The van der Waals surface area contributed by atoms with Crippen LogP contribution < -0.4 is 15.2 Å². The van der Waals surface area contributed by atoms with E-state index in [0.29, 0.717) is 19.1 Å². The number of aromatic nitrogens is 4. The van der Waals surface area contributed by atoms with Crippen molar-refractivity contribution < 1.29 is 9.47 Å². The Morgan fingerprint density at radius 3 is 2.68 bits per heavy atom. The monoisotopic (exact) mass is 420 g/mol. The fraction of sp³-hybridized carbons (Fsp3) is 0.417. The Balaban J connectivity index is 1.51. The highest BCUT2D eigenvalue weighted by Gasteiger charge is 2.28. The Bertz CT molecular complexity index is 1250. The van der Waals surface area contributed by atoms with Crippen LogP contribution in [0.5, 0.6) is 11.5 Å². The van der Waals surface area contributed by atoms with Crippen LogP contribution in [-0.2, 0) is 6.54 Å². The van der Waals surface area contributed by atoms with E-state index in [1.165, 1.54) is 6.42 Å². The van der Waals surface area contributed by atoms with Crippen molar-refractivity contribution in [1.29, 1.82) is 0 Å². The van der Waals surface area contributed by atoms with Crippen LogP contribution in [-0.4, -0.2) is 32.8 Å². The molecule has 0 aliphatic heterocycles. The smallest absolute Gasteiger partial charge is 0.329 e. The van der Waals surface area contributed by atoms with Gasteiger partial charge in [-0.15, -0.1) is 0 Å². The number of hydrogen-bond acceptors (Lipinski definition) is 4. The number of rotatable bonds is 6. The molecule has 7 nitrogen and oxygen atoms in total. The van der Waals surface area contributed by atoms with Gasteiger partial charge in [0, 0.05) is 17.6 Å². The highest BCUT2D eigenvalue weighted by Crippen LogP contribution is 2.36. The summed E-state index contributed by atoms with van der Waals surface area (Å²) in [6.07, 6.45) is 8.30. The molecule has 1 N–H and O–H groups in total. The molecule has 2 atom stereocenters. The SMILES string of the molecule is COc1ccc(OCCn2c(=O)n([C@H]3CCCC[C@H]3C)c3c4cc[nH]c4ncc32)cc1. The van der Waals surface area contributed by atoms with Gasteiger partial charge >= 0.3 is 5.69 Å². The lowest BCUT2D eigenvalue weighted by Gasteiger charge is -2.29. The molecule has 4 aromatic rings. The predicted molar refractivity (Wildman–Crippen MR) is 121 cm³/mol. The molecule has 5 rings (SSSR count). The van der Waals surface area contributed by atoms with Gasteiger partial charge in [0.15, 0.2) is 0 Å². The van der Waals surface area contributed by atoms with Gasteiger partial charge in [0.05, 0.1) is 30.9 Å². The second-order valence-corrected chi connectivity index (χ2v) is 8.39. The van der Waals surface area contributed by atoms with Gasteiger partial charge in [0.1, 0.15) is 23.8 Å². The van der Waals surface area contributed by atoms with Crippen LogP contribution in [0.15, 0.2) is 47.5 Å². The van der Waals surface area contributed by atoms with Gasteiger partial charge in [-0.25, -0.2) is 9.78 Å². The van der Waals surface area contributed by atoms with Crippen LogP contribution in [0.25, 0.3) is 22.1 Å². The van der Waals surface area contributed by atoms with E-state index >= 15 is 0 Å². The number of fused-ring (bicyclic) bond motifs is 3. The van der Waals surface area contributed by atoms with Crippen molar-refractivity contribution in [3.8, 4) is 11.5 Å². The maximum Gasteiger partial charge on any atom is 0.329 e. The third-order valence-electron chi connectivity index (χ3n) is 6.55. The molecule has 1 aromatic carbocycles. The summed E-state index contributed by atoms with van der Waals surface area (Å²) in [6, 6.07) is 9.72. The average Bonchev–Trinajstić information content (AvgIpc) is 3.37. The van der Waals surface area contributed by atoms with Crippen molar-refractivity contribution in [3.05, 3.63) is 53.2 Å². The maximum atomic E-state index is 13.6. The highest BCUT2D eigenvalue weighted by molar-refractivity contribution is 6.01. The number of methoxy groups -OCH3 is 1. The number of aromatic amines is 1. The van der Waals surface area contributed by atoms with Crippen molar-refractivity contribution in [2.24, 2.45) is 5.92 Å². The molecule has 7 heteroatoms. The number of benzene rings is 1. The largest absolute Gasteiger partial charge is 0.497 e. The number of nitrogens with one attached hydrogen (secondary N) is 1. The summed E-state index contributed by atoms with van der Waals surface area (Å²) in [4.78, 5) is 21.4. The van der Waals surface area contributed by atoms with Crippen LogP contribution in [0.2, 0.25) is 0 Å². The molecule has 0 spiro atoms. The first kappa shape index (κ1) is 19.7. The van der Waals surface area contributed by atoms with E-state index in [4.69, 9.17) is 9.47 Å². The quantitative estimate of drug-likeness (QED) is 0.498. The first-order valence-corrected chi connectivity index (χ1v) is 11.0. The Hall–Kier alpha value is -3.22. The minimum absolute atomic E-state index is 0.0302. The number of imidazole rings is 1. The molecule has 0 amide bonds. The van der Waals surface area contributed by atoms with Crippen molar-refractivity contribution in [1.82, 2.24) is 19.1 Å². The minimum Gasteiger partial charge on any atom is -0.497 e. The van der Waals surface area contributed by atoms with Crippen molar-refractivity contribution in [2.75, 3.05) is 13.7 Å². The summed E-state index contributed by atoms with van der Waals surface area (Å²) < 4.78 is 15.0. The Morgan fingerprint density at radius 1 is 1.13 bits per heavy atom. The molecule has 3 aromatic heterocycles. The topological polar surface area (TPSA) is 74.1 Å². The van der Waals surface area contributed by atoms with E-state index in [9.17, 15) is 4.79 Å². The van der Waals surface area contributed by atoms with Crippen LogP contribution in [0.4, 0.5) is 0 Å². The maximum absolute atomic E-state index is 13.6. The zero-order valence-electron chi connectivity index (χ0n) is 18.0. The summed E-state index contributed by atoms with van der Waals surface area (Å²) >= 11 is 0. The van der Waals surface area contributed by atoms with Crippen molar-refractivity contribution in [3.63, 3.8) is 0 Å². The molecule has 1 aliphatic carbocycles. The molecule has 0 radical (unpaired) electrons. The summed E-state index contributed by atoms with van der Waals surface area (Å²) in [5.74, 6) is 2.02. The van der Waals surface area contributed by atoms with E-state index in [0.717, 1.165) is 52.8 Å². The summed E-state index contributed by atoms with van der Waals surface area (Å²) in [6.45, 7) is 3.13. The van der Waals surface area contributed by atoms with Gasteiger partial charge in [-0.1, -0.05) is 19.8 Å². The fourth-order valence-electron chi connectivity index (χ4n) is 4.89. The van der Waals surface area contributed by atoms with Crippen molar-refractivity contribution >= 4 is 22.1 Å². The van der Waals surface area contributed by atoms with E-state index < -0.39 is 0 Å². The third-order valence-corrected chi connectivity index (χ3v) is 6.55. The van der Waals surface area contributed by atoms with E-state index in [2.05, 4.69) is 16.9 Å². The molecule has 0 bridgehead atoms. The minimum atomic E-state index is 0.0302. The van der Waals surface area contributed by atoms with Crippen LogP contribution in [0.1, 0.15) is 38.6 Å². The van der Waals surface area contributed by atoms with E-state index in [1.54, 1.807) is 7.11 Å². The number of nitrogens with zero attached hydrogens (tertiary/aromatic N) is 3. The predicted octanol–water partition coefficient (Wildman–Crippen LogP) is 4.52. The lowest BCUT2D eigenvalue weighted by molar-refractivity contribution is 0.253. The summed E-state index contributed by atoms with van der Waals surface area (Å²) in [5, 5.41) is 1.00. The molecule has 31 heavy (non-hydrogen) atoms. The van der Waals surface area contributed by atoms with E-state index in [-0.39, 0.29) is 11.7 Å². The van der Waals surface area contributed by atoms with Gasteiger partial charge in [0.2, 0.25) is 0 Å². The standard InChI is InChI=1S/C24H28N4O3/c1-16-5-3-4-6-20(16)28-22-19-11-12-25-23(19)26-15-21(22)27(24(28)29)13-14-31-18-9-7-17(30-2)8-10-18/h7-12,15-16,20H,3-6,13-14H2,1-2H3,(H,25,26)/t16-,20+/m1/s1. The summed E-state index contributed by atoms with van der Waals surface area (Å²) in [5.41, 5.74) is 2.70. The van der Waals surface area contributed by atoms with Gasteiger partial charge in [-0.05, 0) is 49.1 Å². The third kappa shape index (κ3) is 3.48. The highest BCUT2D eigenvalue weighted by atomic mass is 16.5. The average molecular weight is 421 g/mol. The molecular weight excluding hydrogens is 392 g/mol. The lowest BCUT2D eigenvalue weighted by Crippen LogP contribution is -2.32. The first-order chi connectivity index (χ1) is 15.2. The van der Waals surface area contributed by atoms with E-state index in [1.807, 2.05) is 51.9 Å². The molecule has 1 saturated carbocycles. The second-order valence-electron chi connectivity index (χ2n) is 8.39. The number of ether oxygens (including phenoxy) is 2. The van der Waals surface area contributed by atoms with Gasteiger partial charge in [0.25, 0.3) is 0 Å². The Morgan fingerprint density at radius 2 is 1.90 bits per heavy atom. The Kier molecular flexibility index (Phi) is 5.18.